The van der Waals surface area contributed by atoms with Crippen molar-refractivity contribution in [3.63, 3.8) is 0 Å². The Kier molecular flexibility index (Phi) is 6.36. The Hall–Kier alpha value is -4.26. The molecule has 3 N–H and O–H groups in total. The number of anilines is 1. The number of nitrogens with one attached hydrogen (secondary N) is 1. The van der Waals surface area contributed by atoms with Gasteiger partial charge in [-0.15, -0.1) is 0 Å². The molecule has 0 aliphatic heterocycles. The lowest BCUT2D eigenvalue weighted by Gasteiger charge is -2.08. The minimum atomic E-state index is -0.573. The quantitative estimate of drug-likeness (QED) is 0.445. The molecule has 0 aliphatic rings. The van der Waals surface area contributed by atoms with Crippen LogP contribution in [-0.2, 0) is 17.8 Å². The predicted molar refractivity (Wildman–Crippen MR) is 122 cm³/mol. The molecule has 0 fully saturated rings. The van der Waals surface area contributed by atoms with E-state index in [-0.39, 0.29) is 11.6 Å². The average Bonchev–Trinajstić information content (AvgIpc) is 2.82. The first-order valence-corrected chi connectivity index (χ1v) is 10.2. The number of aryl methyl sites for hydroxylation is 1. The van der Waals surface area contributed by atoms with Gasteiger partial charge in [-0.3, -0.25) is 14.6 Å². The van der Waals surface area contributed by atoms with Crippen molar-refractivity contribution >= 4 is 28.4 Å². The molecular formula is C25H22N4O3. The van der Waals surface area contributed by atoms with Crippen LogP contribution in [0.4, 0.5) is 5.82 Å². The van der Waals surface area contributed by atoms with Crippen molar-refractivity contribution < 1.29 is 14.3 Å². The summed E-state index contributed by atoms with van der Waals surface area (Å²) in [5.41, 5.74) is 7.28. The summed E-state index contributed by atoms with van der Waals surface area (Å²) in [5.74, 6) is 0.580. The number of carbonyl (C=O) groups is 2. The lowest BCUT2D eigenvalue weighted by Crippen LogP contribution is -2.13. The Morgan fingerprint density at radius 2 is 1.69 bits per heavy atom. The van der Waals surface area contributed by atoms with Crippen molar-refractivity contribution in [1.82, 2.24) is 9.97 Å². The maximum Gasteiger partial charge on any atom is 0.267 e. The number of nitrogens with zero attached hydrogens (tertiary/aromatic N) is 2. The smallest absolute Gasteiger partial charge is 0.267 e. The normalized spacial score (nSPS) is 10.6. The maximum absolute atomic E-state index is 12.3. The van der Waals surface area contributed by atoms with Gasteiger partial charge in [0, 0.05) is 24.2 Å². The highest BCUT2D eigenvalue weighted by Crippen LogP contribution is 2.18. The highest BCUT2D eigenvalue weighted by molar-refractivity contribution is 5.93. The fourth-order valence-electron chi connectivity index (χ4n) is 3.23. The van der Waals surface area contributed by atoms with Gasteiger partial charge in [-0.1, -0.05) is 36.4 Å². The Bertz CT molecular complexity index is 1260. The monoisotopic (exact) mass is 426 g/mol. The molecule has 7 heteroatoms. The van der Waals surface area contributed by atoms with Crippen LogP contribution < -0.4 is 15.8 Å². The van der Waals surface area contributed by atoms with Gasteiger partial charge in [-0.25, -0.2) is 4.98 Å². The number of ether oxygens (including phenoxy) is 1. The van der Waals surface area contributed by atoms with E-state index in [1.807, 2.05) is 54.6 Å². The lowest BCUT2D eigenvalue weighted by molar-refractivity contribution is -0.116. The summed E-state index contributed by atoms with van der Waals surface area (Å²) in [5, 5.41) is 4.92. The SMILES string of the molecule is NC(=O)c1cc(COc2ccc(CCC(=O)Nc3cc4ccccc4cn3)cc2)ccn1. The Morgan fingerprint density at radius 3 is 2.47 bits per heavy atom. The second-order valence-electron chi connectivity index (χ2n) is 7.31. The highest BCUT2D eigenvalue weighted by Gasteiger charge is 2.07. The maximum atomic E-state index is 12.3. The zero-order chi connectivity index (χ0) is 22.3. The number of carbonyl (C=O) groups excluding carboxylic acids is 2. The molecule has 2 aromatic carbocycles. The molecule has 0 radical (unpaired) electrons. The van der Waals surface area contributed by atoms with Gasteiger partial charge in [-0.05, 0) is 53.3 Å². The first-order valence-electron chi connectivity index (χ1n) is 10.2. The molecule has 4 aromatic rings. The Morgan fingerprint density at radius 1 is 0.906 bits per heavy atom. The summed E-state index contributed by atoms with van der Waals surface area (Å²) in [4.78, 5) is 31.7. The minimum Gasteiger partial charge on any atom is -0.489 e. The van der Waals surface area contributed by atoms with E-state index in [1.165, 1.54) is 6.20 Å². The number of pyridine rings is 2. The van der Waals surface area contributed by atoms with Crippen LogP contribution in [0.1, 0.15) is 28.0 Å². The van der Waals surface area contributed by atoms with Crippen LogP contribution in [0, 0.1) is 0 Å². The first kappa shape index (κ1) is 21.0. The predicted octanol–water partition coefficient (Wildman–Crippen LogP) is 3.88. The second-order valence-corrected chi connectivity index (χ2v) is 7.31. The number of benzene rings is 2. The van der Waals surface area contributed by atoms with Gasteiger partial charge >= 0.3 is 0 Å². The Labute approximate surface area is 185 Å². The van der Waals surface area contributed by atoms with E-state index in [9.17, 15) is 9.59 Å². The van der Waals surface area contributed by atoms with Gasteiger partial charge in [0.05, 0.1) is 0 Å². The summed E-state index contributed by atoms with van der Waals surface area (Å²) in [7, 11) is 0. The molecule has 0 saturated heterocycles. The van der Waals surface area contributed by atoms with E-state index in [4.69, 9.17) is 10.5 Å². The molecule has 32 heavy (non-hydrogen) atoms. The van der Waals surface area contributed by atoms with E-state index in [0.29, 0.717) is 31.0 Å². The topological polar surface area (TPSA) is 107 Å². The van der Waals surface area contributed by atoms with Gasteiger partial charge < -0.3 is 15.8 Å². The number of hydrogen-bond donors (Lipinski definition) is 2. The van der Waals surface area contributed by atoms with Crippen molar-refractivity contribution in [2.45, 2.75) is 19.4 Å². The molecule has 0 spiro atoms. The van der Waals surface area contributed by atoms with Crippen LogP contribution in [0.25, 0.3) is 10.8 Å². The number of aromatic nitrogens is 2. The third kappa shape index (κ3) is 5.46. The molecule has 0 unspecified atom stereocenters. The molecule has 2 aromatic heterocycles. The summed E-state index contributed by atoms with van der Waals surface area (Å²) in [6.07, 6.45) is 4.23. The largest absolute Gasteiger partial charge is 0.489 e. The average molecular weight is 426 g/mol. The van der Waals surface area contributed by atoms with E-state index in [0.717, 1.165) is 21.9 Å². The zero-order valence-electron chi connectivity index (χ0n) is 17.3. The number of fused-ring (bicyclic) bond motifs is 1. The van der Waals surface area contributed by atoms with Crippen molar-refractivity contribution in [3.8, 4) is 5.75 Å². The van der Waals surface area contributed by atoms with Crippen LogP contribution in [-0.4, -0.2) is 21.8 Å². The van der Waals surface area contributed by atoms with Crippen molar-refractivity contribution in [2.75, 3.05) is 5.32 Å². The van der Waals surface area contributed by atoms with Crippen LogP contribution in [0.15, 0.2) is 79.1 Å². The molecule has 0 saturated carbocycles. The molecule has 7 nitrogen and oxygen atoms in total. The molecule has 0 bridgehead atoms. The summed E-state index contributed by atoms with van der Waals surface area (Å²) in [6, 6.07) is 20.7. The Balaban J connectivity index is 1.27. The number of hydrogen-bond acceptors (Lipinski definition) is 5. The summed E-state index contributed by atoms with van der Waals surface area (Å²) in [6.45, 7) is 0.295. The summed E-state index contributed by atoms with van der Waals surface area (Å²) >= 11 is 0. The molecule has 0 atom stereocenters. The van der Waals surface area contributed by atoms with Crippen LogP contribution in [0.2, 0.25) is 0 Å². The molecule has 0 aliphatic carbocycles. The second kappa shape index (κ2) is 9.70. The van der Waals surface area contributed by atoms with Crippen LogP contribution in [0.5, 0.6) is 5.75 Å². The van der Waals surface area contributed by atoms with Crippen LogP contribution >= 0.6 is 0 Å². The third-order valence-corrected chi connectivity index (χ3v) is 4.94. The first-order chi connectivity index (χ1) is 15.6. The lowest BCUT2D eigenvalue weighted by atomic mass is 10.1. The highest BCUT2D eigenvalue weighted by atomic mass is 16.5. The van der Waals surface area contributed by atoms with E-state index < -0.39 is 5.91 Å². The zero-order valence-corrected chi connectivity index (χ0v) is 17.3. The molecular weight excluding hydrogens is 404 g/mol. The number of primary amides is 1. The number of rotatable bonds is 8. The standard InChI is InChI=1S/C25H22N4O3/c26-25(31)22-13-18(11-12-27-22)16-32-21-8-5-17(6-9-21)7-10-24(30)29-23-14-19-3-1-2-4-20(19)15-28-23/h1-6,8-9,11-15H,7,10,16H2,(H2,26,31)(H,28,29,30). The van der Waals surface area contributed by atoms with Gasteiger partial charge in [0.1, 0.15) is 23.9 Å². The fraction of sp³-hybridized carbons (Fsp3) is 0.120. The minimum absolute atomic E-state index is 0.0870. The number of amides is 2. The molecule has 160 valence electrons. The van der Waals surface area contributed by atoms with Gasteiger partial charge in [0.15, 0.2) is 0 Å². The fourth-order valence-corrected chi connectivity index (χ4v) is 3.23. The van der Waals surface area contributed by atoms with Crippen LogP contribution in [0.3, 0.4) is 0 Å². The third-order valence-electron chi connectivity index (χ3n) is 4.94. The van der Waals surface area contributed by atoms with Crippen molar-refractivity contribution in [2.24, 2.45) is 5.73 Å². The molecule has 2 amide bonds. The van der Waals surface area contributed by atoms with E-state index in [2.05, 4.69) is 15.3 Å². The summed E-state index contributed by atoms with van der Waals surface area (Å²) < 4.78 is 5.75. The van der Waals surface area contributed by atoms with Crippen molar-refractivity contribution in [1.29, 1.82) is 0 Å². The molecule has 4 rings (SSSR count). The van der Waals surface area contributed by atoms with Crippen molar-refractivity contribution in [3.05, 3.63) is 95.9 Å². The van der Waals surface area contributed by atoms with E-state index >= 15 is 0 Å². The number of nitrogens with two attached hydrogens (primary N) is 1. The van der Waals surface area contributed by atoms with E-state index in [1.54, 1.807) is 18.3 Å². The molecule has 2 heterocycles. The van der Waals surface area contributed by atoms with Gasteiger partial charge in [0.2, 0.25) is 5.91 Å². The van der Waals surface area contributed by atoms with Gasteiger partial charge in [-0.2, -0.15) is 0 Å². The van der Waals surface area contributed by atoms with Gasteiger partial charge in [0.25, 0.3) is 5.91 Å².